The van der Waals surface area contributed by atoms with E-state index in [0.29, 0.717) is 25.2 Å². The molecule has 6 nitrogen and oxygen atoms in total. The second-order valence-corrected chi connectivity index (χ2v) is 5.28. The summed E-state index contributed by atoms with van der Waals surface area (Å²) in [4.78, 5) is 24.5. The molecule has 1 aromatic rings. The van der Waals surface area contributed by atoms with Crippen LogP contribution >= 0.6 is 0 Å². The van der Waals surface area contributed by atoms with E-state index >= 15 is 0 Å². The minimum absolute atomic E-state index is 0.0532. The Hall–Kier alpha value is -2.08. The van der Waals surface area contributed by atoms with Crippen molar-refractivity contribution in [2.24, 2.45) is 5.92 Å². The second kappa shape index (κ2) is 7.08. The zero-order valence-corrected chi connectivity index (χ0v) is 11.8. The first-order valence-corrected chi connectivity index (χ1v) is 7.02. The number of carboxylic acids is 1. The summed E-state index contributed by atoms with van der Waals surface area (Å²) in [6.07, 6.45) is 0.766. The van der Waals surface area contributed by atoms with Gasteiger partial charge >= 0.3 is 12.0 Å². The molecule has 0 aromatic heterocycles. The van der Waals surface area contributed by atoms with Crippen molar-refractivity contribution in [2.45, 2.75) is 19.4 Å². The topological polar surface area (TPSA) is 89.9 Å². The van der Waals surface area contributed by atoms with Crippen LogP contribution in [0.15, 0.2) is 24.3 Å². The molecule has 114 valence electrons. The molecule has 0 aliphatic carbocycles. The number of aliphatic hydroxyl groups is 1. The van der Waals surface area contributed by atoms with Crippen LogP contribution in [0.5, 0.6) is 0 Å². The molecule has 0 spiro atoms. The van der Waals surface area contributed by atoms with Gasteiger partial charge in [-0.1, -0.05) is 24.3 Å². The van der Waals surface area contributed by atoms with E-state index in [1.807, 2.05) is 12.1 Å². The van der Waals surface area contributed by atoms with Crippen molar-refractivity contribution in [3.05, 3.63) is 35.4 Å². The van der Waals surface area contributed by atoms with E-state index in [1.54, 1.807) is 17.0 Å². The van der Waals surface area contributed by atoms with Crippen molar-refractivity contribution >= 4 is 12.0 Å². The number of likely N-dealkylation sites (tertiary alicyclic amines) is 1. The molecule has 1 aliphatic heterocycles. The van der Waals surface area contributed by atoms with E-state index in [0.717, 1.165) is 12.0 Å². The molecule has 1 aromatic carbocycles. The summed E-state index contributed by atoms with van der Waals surface area (Å²) in [7, 11) is 0. The average molecular weight is 292 g/mol. The number of urea groups is 1. The summed E-state index contributed by atoms with van der Waals surface area (Å²) in [6, 6.07) is 7.02. The van der Waals surface area contributed by atoms with Crippen molar-refractivity contribution in [3.8, 4) is 0 Å². The third-order valence-corrected chi connectivity index (χ3v) is 3.72. The predicted molar refractivity (Wildman–Crippen MR) is 76.8 cm³/mol. The summed E-state index contributed by atoms with van der Waals surface area (Å²) in [5.41, 5.74) is 1.52. The van der Waals surface area contributed by atoms with Gasteiger partial charge in [0.2, 0.25) is 0 Å². The van der Waals surface area contributed by atoms with Crippen molar-refractivity contribution in [1.82, 2.24) is 10.2 Å². The van der Waals surface area contributed by atoms with Crippen LogP contribution in [0, 0.1) is 5.92 Å². The van der Waals surface area contributed by atoms with Gasteiger partial charge in [-0.15, -0.1) is 0 Å². The van der Waals surface area contributed by atoms with Crippen LogP contribution in [0.2, 0.25) is 0 Å². The van der Waals surface area contributed by atoms with Gasteiger partial charge in [0.05, 0.1) is 6.42 Å². The lowest BCUT2D eigenvalue weighted by Gasteiger charge is -2.17. The first kappa shape index (κ1) is 15.3. The SMILES string of the molecule is O=C(O)Cc1ccccc1CNC(=O)N1CCC(CO)C1. The number of hydrogen-bond acceptors (Lipinski definition) is 3. The zero-order valence-electron chi connectivity index (χ0n) is 11.8. The normalized spacial score (nSPS) is 17.8. The lowest BCUT2D eigenvalue weighted by Crippen LogP contribution is -2.38. The summed E-state index contributed by atoms with van der Waals surface area (Å²) in [5, 5.41) is 20.8. The van der Waals surface area contributed by atoms with Crippen LogP contribution in [-0.2, 0) is 17.8 Å². The number of carbonyl (C=O) groups is 2. The van der Waals surface area contributed by atoms with Gasteiger partial charge < -0.3 is 20.4 Å². The summed E-state index contributed by atoms with van der Waals surface area (Å²) < 4.78 is 0. The number of aliphatic hydroxyl groups excluding tert-OH is 1. The molecule has 1 heterocycles. The summed E-state index contributed by atoms with van der Waals surface area (Å²) in [6.45, 7) is 1.63. The Kier molecular flexibility index (Phi) is 5.16. The van der Waals surface area contributed by atoms with Gasteiger partial charge in [0, 0.05) is 32.2 Å². The molecule has 3 N–H and O–H groups in total. The third kappa shape index (κ3) is 4.19. The van der Waals surface area contributed by atoms with Crippen LogP contribution in [-0.4, -0.2) is 46.8 Å². The van der Waals surface area contributed by atoms with E-state index < -0.39 is 5.97 Å². The Bertz CT molecular complexity index is 518. The Balaban J connectivity index is 1.91. The van der Waals surface area contributed by atoms with Crippen LogP contribution in [0.4, 0.5) is 4.79 Å². The van der Waals surface area contributed by atoms with E-state index in [2.05, 4.69) is 5.32 Å². The molecule has 2 amide bonds. The van der Waals surface area contributed by atoms with Gasteiger partial charge in [0.15, 0.2) is 0 Å². The Labute approximate surface area is 123 Å². The highest BCUT2D eigenvalue weighted by atomic mass is 16.4. The van der Waals surface area contributed by atoms with Gasteiger partial charge in [-0.3, -0.25) is 4.79 Å². The van der Waals surface area contributed by atoms with E-state index in [9.17, 15) is 9.59 Å². The van der Waals surface area contributed by atoms with Crippen molar-refractivity contribution in [3.63, 3.8) is 0 Å². The highest BCUT2D eigenvalue weighted by molar-refractivity contribution is 5.75. The van der Waals surface area contributed by atoms with E-state index in [4.69, 9.17) is 10.2 Å². The number of amides is 2. The van der Waals surface area contributed by atoms with Crippen molar-refractivity contribution in [2.75, 3.05) is 19.7 Å². The average Bonchev–Trinajstić information content (AvgIpc) is 2.94. The van der Waals surface area contributed by atoms with Gasteiger partial charge in [-0.2, -0.15) is 0 Å². The Morgan fingerprint density at radius 1 is 1.29 bits per heavy atom. The minimum Gasteiger partial charge on any atom is -0.481 e. The van der Waals surface area contributed by atoms with Crippen LogP contribution in [0.1, 0.15) is 17.5 Å². The standard InChI is InChI=1S/C15H20N2O4/c18-10-11-5-6-17(9-11)15(21)16-8-13-4-2-1-3-12(13)7-14(19)20/h1-4,11,18H,5-10H2,(H,16,21)(H,19,20). The number of carboxylic acid groups (broad SMARTS) is 1. The number of benzene rings is 1. The molecule has 1 atom stereocenters. The van der Waals surface area contributed by atoms with E-state index in [-0.39, 0.29) is 25.0 Å². The van der Waals surface area contributed by atoms with Crippen molar-refractivity contribution in [1.29, 1.82) is 0 Å². The molecule has 1 unspecified atom stereocenters. The van der Waals surface area contributed by atoms with Gasteiger partial charge in [-0.25, -0.2) is 4.79 Å². The molecule has 6 heteroatoms. The maximum atomic E-state index is 12.0. The quantitative estimate of drug-likeness (QED) is 0.750. The fourth-order valence-corrected chi connectivity index (χ4v) is 2.51. The number of aliphatic carboxylic acids is 1. The monoisotopic (exact) mass is 292 g/mol. The van der Waals surface area contributed by atoms with Gasteiger partial charge in [0.1, 0.15) is 0 Å². The maximum Gasteiger partial charge on any atom is 0.317 e. The smallest absolute Gasteiger partial charge is 0.317 e. The molecule has 1 saturated heterocycles. The number of carbonyl (C=O) groups excluding carboxylic acids is 1. The third-order valence-electron chi connectivity index (χ3n) is 3.72. The predicted octanol–water partition coefficient (Wildman–Crippen LogP) is 0.838. The number of hydrogen-bond donors (Lipinski definition) is 3. The Morgan fingerprint density at radius 2 is 2.00 bits per heavy atom. The van der Waals surface area contributed by atoms with Crippen LogP contribution in [0.25, 0.3) is 0 Å². The number of nitrogens with one attached hydrogen (secondary N) is 1. The Morgan fingerprint density at radius 3 is 2.62 bits per heavy atom. The summed E-state index contributed by atoms with van der Waals surface area (Å²) in [5.74, 6) is -0.728. The van der Waals surface area contributed by atoms with Crippen molar-refractivity contribution < 1.29 is 19.8 Å². The molecule has 21 heavy (non-hydrogen) atoms. The highest BCUT2D eigenvalue weighted by Gasteiger charge is 2.25. The van der Waals surface area contributed by atoms with Crippen LogP contribution in [0.3, 0.4) is 0 Å². The van der Waals surface area contributed by atoms with Gasteiger partial charge in [0.25, 0.3) is 0 Å². The minimum atomic E-state index is -0.890. The van der Waals surface area contributed by atoms with Crippen LogP contribution < -0.4 is 5.32 Å². The highest BCUT2D eigenvalue weighted by Crippen LogP contribution is 2.15. The molecule has 0 bridgehead atoms. The molecule has 1 fully saturated rings. The molecule has 0 saturated carbocycles. The molecular weight excluding hydrogens is 272 g/mol. The lowest BCUT2D eigenvalue weighted by molar-refractivity contribution is -0.136. The molecule has 1 aliphatic rings. The fourth-order valence-electron chi connectivity index (χ4n) is 2.51. The molecule has 2 rings (SSSR count). The first-order valence-electron chi connectivity index (χ1n) is 7.02. The largest absolute Gasteiger partial charge is 0.481 e. The second-order valence-electron chi connectivity index (χ2n) is 5.28. The lowest BCUT2D eigenvalue weighted by atomic mass is 10.0. The molecular formula is C15H20N2O4. The first-order chi connectivity index (χ1) is 10.1. The fraction of sp³-hybridized carbons (Fsp3) is 0.467. The van der Waals surface area contributed by atoms with Gasteiger partial charge in [-0.05, 0) is 17.5 Å². The molecule has 0 radical (unpaired) electrons. The maximum absolute atomic E-state index is 12.0. The summed E-state index contributed by atoms with van der Waals surface area (Å²) >= 11 is 0. The van der Waals surface area contributed by atoms with E-state index in [1.165, 1.54) is 0 Å². The number of nitrogens with zero attached hydrogens (tertiary/aromatic N) is 1. The zero-order chi connectivity index (χ0) is 15.2. The number of rotatable bonds is 5.